The zero-order valence-electron chi connectivity index (χ0n) is 6.54. The van der Waals surface area contributed by atoms with Crippen molar-refractivity contribution in [3.05, 3.63) is 0 Å². The first-order valence-electron chi connectivity index (χ1n) is 2.30. The Morgan fingerprint density at radius 1 is 1.11 bits per heavy atom. The Bertz CT molecular complexity index is 63.3. The summed E-state index contributed by atoms with van der Waals surface area (Å²) in [6.07, 6.45) is 0. The van der Waals surface area contributed by atoms with E-state index in [9.17, 15) is 0 Å². The minimum Gasteiger partial charge on any atom is -1.00 e. The van der Waals surface area contributed by atoms with E-state index in [1.165, 1.54) is 0 Å². The molecule has 0 heterocycles. The van der Waals surface area contributed by atoms with Gasteiger partial charge in [-0.15, -0.1) is 0 Å². The molecular formula is C4H12NNaO3. The number of nitrogens with two attached hydrogens (primary N) is 1. The normalized spacial score (nSPS) is 10.7. The summed E-state index contributed by atoms with van der Waals surface area (Å²) >= 11 is 0. The summed E-state index contributed by atoms with van der Waals surface area (Å²) in [5, 5.41) is 25.0. The van der Waals surface area contributed by atoms with Gasteiger partial charge in [0.1, 0.15) is 0 Å². The van der Waals surface area contributed by atoms with Crippen LogP contribution >= 0.6 is 0 Å². The van der Waals surface area contributed by atoms with Crippen LogP contribution in [0.5, 0.6) is 0 Å². The molecule has 5 N–H and O–H groups in total. The van der Waals surface area contributed by atoms with Crippen molar-refractivity contribution < 1.29 is 46.3 Å². The molecule has 0 unspecified atom stereocenters. The van der Waals surface area contributed by atoms with Gasteiger partial charge in [-0.1, -0.05) is 0 Å². The smallest absolute Gasteiger partial charge is 1.00 e. The quantitative estimate of drug-likeness (QED) is 0.299. The Morgan fingerprint density at radius 2 is 1.33 bits per heavy atom. The summed E-state index contributed by atoms with van der Waals surface area (Å²) in [6.45, 7) is -1.21. The van der Waals surface area contributed by atoms with Crippen LogP contribution in [0.1, 0.15) is 1.43 Å². The number of aliphatic hydroxyl groups is 3. The largest absolute Gasteiger partial charge is 1.00 e. The molecule has 5 heteroatoms. The predicted molar refractivity (Wildman–Crippen MR) is 29.3 cm³/mol. The molecule has 4 nitrogen and oxygen atoms in total. The Balaban J connectivity index is -0.000000245. The SMILES string of the molecule is NC(CO)(CO)CO.[H-].[Na+]. The second-order valence-electron chi connectivity index (χ2n) is 1.84. The average Bonchev–Trinajstić information content (AvgIpc) is 1.87. The van der Waals surface area contributed by atoms with Crippen LogP contribution in [0.2, 0.25) is 0 Å². The molecule has 0 spiro atoms. The van der Waals surface area contributed by atoms with Gasteiger partial charge in [0.2, 0.25) is 0 Å². The van der Waals surface area contributed by atoms with Gasteiger partial charge in [-0.3, -0.25) is 0 Å². The van der Waals surface area contributed by atoms with Crippen molar-refractivity contribution in [1.82, 2.24) is 0 Å². The first-order chi connectivity index (χ1) is 3.68. The second-order valence-corrected chi connectivity index (χ2v) is 1.84. The van der Waals surface area contributed by atoms with Crippen molar-refractivity contribution >= 4 is 0 Å². The molecule has 0 saturated carbocycles. The van der Waals surface area contributed by atoms with Crippen molar-refractivity contribution in [2.24, 2.45) is 5.73 Å². The van der Waals surface area contributed by atoms with Gasteiger partial charge in [-0.05, 0) is 0 Å². The van der Waals surface area contributed by atoms with Gasteiger partial charge in [0.25, 0.3) is 0 Å². The van der Waals surface area contributed by atoms with Gasteiger partial charge in [0.15, 0.2) is 0 Å². The van der Waals surface area contributed by atoms with Gasteiger partial charge < -0.3 is 22.5 Å². The maximum atomic E-state index is 8.34. The fraction of sp³-hybridized carbons (Fsp3) is 1.00. The van der Waals surface area contributed by atoms with Gasteiger partial charge in [-0.2, -0.15) is 0 Å². The van der Waals surface area contributed by atoms with Gasteiger partial charge >= 0.3 is 29.6 Å². The third kappa shape index (κ3) is 4.27. The fourth-order valence-corrected chi connectivity index (χ4v) is 0.150. The molecule has 0 aliphatic rings. The Hall–Kier alpha value is 0.840. The van der Waals surface area contributed by atoms with E-state index in [-0.39, 0.29) is 31.0 Å². The zero-order valence-corrected chi connectivity index (χ0v) is 7.54. The van der Waals surface area contributed by atoms with Crippen LogP contribution in [-0.2, 0) is 0 Å². The molecule has 0 fully saturated rings. The standard InChI is InChI=1S/C4H11NO3.Na.H/c5-4(1-6,2-7)3-8;;/h6-8H,1-3,5H2;;/q;+1;-1. The minimum atomic E-state index is -1.21. The van der Waals surface area contributed by atoms with E-state index < -0.39 is 25.4 Å². The maximum Gasteiger partial charge on any atom is 1.00 e. The first-order valence-corrected chi connectivity index (χ1v) is 2.30. The van der Waals surface area contributed by atoms with Gasteiger partial charge in [0.05, 0.1) is 25.4 Å². The number of aliphatic hydroxyl groups excluding tert-OH is 3. The third-order valence-corrected chi connectivity index (χ3v) is 0.945. The molecule has 9 heavy (non-hydrogen) atoms. The molecule has 0 rings (SSSR count). The maximum absolute atomic E-state index is 8.34. The van der Waals surface area contributed by atoms with Crippen LogP contribution in [0.3, 0.4) is 0 Å². The second kappa shape index (κ2) is 5.61. The summed E-state index contributed by atoms with van der Waals surface area (Å²) in [6, 6.07) is 0. The monoisotopic (exact) mass is 145 g/mol. The molecule has 0 aliphatic carbocycles. The van der Waals surface area contributed by atoms with Crippen molar-refractivity contribution in [1.29, 1.82) is 0 Å². The summed E-state index contributed by atoms with van der Waals surface area (Å²) in [4.78, 5) is 0. The van der Waals surface area contributed by atoms with Crippen molar-refractivity contribution in [3.8, 4) is 0 Å². The van der Waals surface area contributed by atoms with Crippen molar-refractivity contribution in [2.45, 2.75) is 5.54 Å². The Morgan fingerprint density at radius 3 is 1.33 bits per heavy atom. The number of rotatable bonds is 3. The van der Waals surface area contributed by atoms with Crippen LogP contribution in [0.25, 0.3) is 0 Å². The zero-order chi connectivity index (χ0) is 6.62. The predicted octanol–water partition coefficient (Wildman–Crippen LogP) is -5.22. The van der Waals surface area contributed by atoms with Gasteiger partial charge in [-0.25, -0.2) is 0 Å². The van der Waals surface area contributed by atoms with E-state index in [0.29, 0.717) is 0 Å². The van der Waals surface area contributed by atoms with E-state index in [0.717, 1.165) is 0 Å². The summed E-state index contributed by atoms with van der Waals surface area (Å²) in [7, 11) is 0. The first kappa shape index (κ1) is 12.5. The average molecular weight is 145 g/mol. The topological polar surface area (TPSA) is 86.7 Å². The molecule has 0 aromatic carbocycles. The molecule has 0 atom stereocenters. The Labute approximate surface area is 77.5 Å². The van der Waals surface area contributed by atoms with E-state index in [1.807, 2.05) is 0 Å². The van der Waals surface area contributed by atoms with E-state index in [2.05, 4.69) is 0 Å². The van der Waals surface area contributed by atoms with E-state index >= 15 is 0 Å². The van der Waals surface area contributed by atoms with Crippen LogP contribution in [-0.4, -0.2) is 40.7 Å². The van der Waals surface area contributed by atoms with Crippen LogP contribution in [0.4, 0.5) is 0 Å². The molecule has 0 aromatic heterocycles. The summed E-state index contributed by atoms with van der Waals surface area (Å²) < 4.78 is 0. The molecule has 0 aliphatic heterocycles. The fourth-order valence-electron chi connectivity index (χ4n) is 0.150. The van der Waals surface area contributed by atoms with E-state index in [1.54, 1.807) is 0 Å². The minimum absolute atomic E-state index is 0. The Kier molecular flexibility index (Phi) is 7.80. The van der Waals surface area contributed by atoms with Crippen molar-refractivity contribution in [3.63, 3.8) is 0 Å². The molecule has 0 aromatic rings. The molecule has 0 bridgehead atoms. The molecular weight excluding hydrogens is 133 g/mol. The third-order valence-electron chi connectivity index (χ3n) is 0.945. The van der Waals surface area contributed by atoms with Crippen LogP contribution in [0, 0.1) is 0 Å². The molecule has 0 amide bonds. The summed E-state index contributed by atoms with van der Waals surface area (Å²) in [5.41, 5.74) is 3.94. The van der Waals surface area contributed by atoms with Gasteiger partial charge in [0, 0.05) is 0 Å². The number of hydrogen-bond acceptors (Lipinski definition) is 4. The van der Waals surface area contributed by atoms with Crippen LogP contribution < -0.4 is 35.3 Å². The number of hydrogen-bond donors (Lipinski definition) is 4. The molecule has 52 valence electrons. The summed E-state index contributed by atoms with van der Waals surface area (Å²) in [5.74, 6) is 0. The van der Waals surface area contributed by atoms with E-state index in [4.69, 9.17) is 21.1 Å². The van der Waals surface area contributed by atoms with Crippen molar-refractivity contribution in [2.75, 3.05) is 19.8 Å². The van der Waals surface area contributed by atoms with Crippen LogP contribution in [0.15, 0.2) is 0 Å². The molecule has 0 saturated heterocycles. The molecule has 0 radical (unpaired) electrons.